The Kier molecular flexibility index (Phi) is 7.19. The Balaban J connectivity index is 1.61. The Morgan fingerprint density at radius 1 is 1.00 bits per heavy atom. The van der Waals surface area contributed by atoms with E-state index in [4.69, 9.17) is 9.47 Å². The van der Waals surface area contributed by atoms with E-state index >= 15 is 0 Å². The van der Waals surface area contributed by atoms with E-state index < -0.39 is 0 Å². The second-order valence-corrected chi connectivity index (χ2v) is 6.58. The molecule has 0 saturated heterocycles. The molecule has 0 atom stereocenters. The third-order valence-electron chi connectivity index (χ3n) is 4.31. The zero-order valence-electron chi connectivity index (χ0n) is 16.6. The van der Waals surface area contributed by atoms with Crippen molar-refractivity contribution in [3.63, 3.8) is 0 Å². The van der Waals surface area contributed by atoms with E-state index in [1.807, 2.05) is 67.6 Å². The maximum absolute atomic E-state index is 12.3. The highest BCUT2D eigenvalue weighted by Gasteiger charge is 2.13. The first kappa shape index (κ1) is 20.4. The number of carbonyl (C=O) groups is 1. The Bertz CT molecular complexity index is 928. The molecule has 0 bridgehead atoms. The van der Waals surface area contributed by atoms with Crippen LogP contribution in [0.4, 0.5) is 5.69 Å². The van der Waals surface area contributed by atoms with Crippen LogP contribution in [0.15, 0.2) is 66.9 Å². The molecule has 1 aromatic heterocycles. The topological polar surface area (TPSA) is 72.5 Å². The van der Waals surface area contributed by atoms with Crippen LogP contribution in [0.5, 0.6) is 11.5 Å². The van der Waals surface area contributed by atoms with Gasteiger partial charge in [0.2, 0.25) is 0 Å². The summed E-state index contributed by atoms with van der Waals surface area (Å²) in [5.74, 6) is 0.917. The summed E-state index contributed by atoms with van der Waals surface area (Å²) < 4.78 is 11.2. The Morgan fingerprint density at radius 3 is 2.55 bits per heavy atom. The van der Waals surface area contributed by atoms with E-state index in [0.717, 1.165) is 22.5 Å². The molecule has 6 nitrogen and oxygen atoms in total. The minimum absolute atomic E-state index is 0.110. The van der Waals surface area contributed by atoms with Crippen LogP contribution in [0, 0.1) is 6.92 Å². The first-order valence-corrected chi connectivity index (χ1v) is 9.41. The number of aryl methyl sites for hydroxylation is 1. The van der Waals surface area contributed by atoms with Gasteiger partial charge in [-0.3, -0.25) is 9.78 Å². The number of anilines is 1. The number of nitrogens with zero attached hydrogens (tertiary/aromatic N) is 1. The molecule has 3 rings (SSSR count). The van der Waals surface area contributed by atoms with Crippen LogP contribution in [-0.2, 0) is 17.9 Å². The van der Waals surface area contributed by atoms with Gasteiger partial charge in [-0.15, -0.1) is 0 Å². The molecule has 6 heteroatoms. The number of carbonyl (C=O) groups excluding carboxylic acids is 1. The lowest BCUT2D eigenvalue weighted by Crippen LogP contribution is -2.21. The molecule has 3 aromatic rings. The van der Waals surface area contributed by atoms with E-state index in [9.17, 15) is 4.79 Å². The number of pyridine rings is 1. The molecule has 0 aliphatic rings. The summed E-state index contributed by atoms with van der Waals surface area (Å²) in [7, 11) is 1.58. The lowest BCUT2D eigenvalue weighted by molar-refractivity contribution is -0.118. The number of benzene rings is 2. The molecule has 0 saturated carbocycles. The van der Waals surface area contributed by atoms with Crippen molar-refractivity contribution in [3.8, 4) is 11.5 Å². The second-order valence-electron chi connectivity index (χ2n) is 6.58. The Hall–Kier alpha value is -3.38. The van der Waals surface area contributed by atoms with E-state index in [-0.39, 0.29) is 12.5 Å². The van der Waals surface area contributed by atoms with Crippen LogP contribution in [0.2, 0.25) is 0 Å². The van der Waals surface area contributed by atoms with Crippen molar-refractivity contribution >= 4 is 11.6 Å². The fourth-order valence-electron chi connectivity index (χ4n) is 2.82. The van der Waals surface area contributed by atoms with Crippen LogP contribution >= 0.6 is 0 Å². The fourth-order valence-corrected chi connectivity index (χ4v) is 2.82. The summed E-state index contributed by atoms with van der Waals surface area (Å²) in [4.78, 5) is 16.6. The van der Waals surface area contributed by atoms with Crippen molar-refractivity contribution in [2.75, 3.05) is 19.0 Å². The molecule has 0 unspecified atom stereocenters. The molecule has 1 amide bonds. The summed E-state index contributed by atoms with van der Waals surface area (Å²) in [5.41, 5.74) is 3.73. The fraction of sp³-hybridized carbons (Fsp3) is 0.217. The number of hydrogen-bond donors (Lipinski definition) is 2. The van der Waals surface area contributed by atoms with Gasteiger partial charge in [-0.25, -0.2) is 0 Å². The molecule has 0 aliphatic heterocycles. The highest BCUT2D eigenvalue weighted by atomic mass is 16.5. The van der Waals surface area contributed by atoms with Crippen molar-refractivity contribution in [3.05, 3.63) is 83.7 Å². The van der Waals surface area contributed by atoms with E-state index in [1.165, 1.54) is 0 Å². The van der Waals surface area contributed by atoms with Gasteiger partial charge >= 0.3 is 0 Å². The third kappa shape index (κ3) is 6.05. The molecule has 0 spiro atoms. The van der Waals surface area contributed by atoms with Crippen molar-refractivity contribution in [2.24, 2.45) is 0 Å². The largest absolute Gasteiger partial charge is 0.493 e. The molecule has 2 N–H and O–H groups in total. The minimum atomic E-state index is -0.229. The number of amides is 1. The van der Waals surface area contributed by atoms with Gasteiger partial charge in [0.1, 0.15) is 0 Å². The zero-order valence-corrected chi connectivity index (χ0v) is 16.6. The molecule has 0 fully saturated rings. The van der Waals surface area contributed by atoms with E-state index in [2.05, 4.69) is 15.6 Å². The van der Waals surface area contributed by atoms with Crippen LogP contribution in [-0.4, -0.2) is 24.6 Å². The van der Waals surface area contributed by atoms with Gasteiger partial charge in [-0.1, -0.05) is 35.9 Å². The number of para-hydroxylation sites is 1. The molecule has 0 aliphatic carbocycles. The van der Waals surface area contributed by atoms with Gasteiger partial charge in [0.05, 0.1) is 12.8 Å². The van der Waals surface area contributed by atoms with Gasteiger partial charge in [0, 0.05) is 30.5 Å². The second kappa shape index (κ2) is 10.2. The summed E-state index contributed by atoms with van der Waals surface area (Å²) >= 11 is 0. The molecular weight excluding hydrogens is 366 g/mol. The average Bonchev–Trinajstić information content (AvgIpc) is 2.75. The Labute approximate surface area is 170 Å². The zero-order chi connectivity index (χ0) is 20.5. The summed E-state index contributed by atoms with van der Waals surface area (Å²) in [6, 6.07) is 19.1. The lowest BCUT2D eigenvalue weighted by Gasteiger charge is -2.15. The smallest absolute Gasteiger partial charge is 0.262 e. The number of rotatable bonds is 9. The average molecular weight is 391 g/mol. The van der Waals surface area contributed by atoms with Crippen LogP contribution in [0.1, 0.15) is 16.8 Å². The molecule has 150 valence electrons. The van der Waals surface area contributed by atoms with Gasteiger partial charge in [0.25, 0.3) is 5.91 Å². The number of nitrogens with one attached hydrogen (secondary N) is 2. The highest BCUT2D eigenvalue weighted by molar-refractivity contribution is 5.91. The Morgan fingerprint density at radius 2 is 1.83 bits per heavy atom. The summed E-state index contributed by atoms with van der Waals surface area (Å²) in [6.45, 7) is 3.08. The predicted molar refractivity (Wildman–Crippen MR) is 113 cm³/mol. The minimum Gasteiger partial charge on any atom is -0.493 e. The quantitative estimate of drug-likeness (QED) is 0.582. The van der Waals surface area contributed by atoms with E-state index in [0.29, 0.717) is 24.6 Å². The monoisotopic (exact) mass is 391 g/mol. The predicted octanol–water partition coefficient (Wildman–Crippen LogP) is 3.71. The van der Waals surface area contributed by atoms with Crippen LogP contribution < -0.4 is 20.1 Å². The first-order valence-electron chi connectivity index (χ1n) is 9.41. The van der Waals surface area contributed by atoms with Crippen molar-refractivity contribution < 1.29 is 14.3 Å². The lowest BCUT2D eigenvalue weighted by atomic mass is 10.2. The number of hydrogen-bond acceptors (Lipinski definition) is 5. The third-order valence-corrected chi connectivity index (χ3v) is 4.31. The number of aromatic nitrogens is 1. The molecule has 2 aromatic carbocycles. The first-order chi connectivity index (χ1) is 14.2. The van der Waals surface area contributed by atoms with Crippen LogP contribution in [0.3, 0.4) is 0 Å². The van der Waals surface area contributed by atoms with Gasteiger partial charge < -0.3 is 20.1 Å². The maximum atomic E-state index is 12.3. The SMILES string of the molecule is COc1cccc(CNCc2ccccn2)c1OCC(=O)Nc1ccc(C)cc1. The summed E-state index contributed by atoms with van der Waals surface area (Å²) in [5, 5.41) is 6.18. The molecule has 29 heavy (non-hydrogen) atoms. The van der Waals surface area contributed by atoms with Gasteiger partial charge in [0.15, 0.2) is 18.1 Å². The molecular formula is C23H25N3O3. The summed E-state index contributed by atoms with van der Waals surface area (Å²) in [6.07, 6.45) is 1.77. The number of ether oxygens (including phenoxy) is 2. The van der Waals surface area contributed by atoms with Gasteiger partial charge in [-0.2, -0.15) is 0 Å². The molecule has 0 radical (unpaired) electrons. The van der Waals surface area contributed by atoms with Crippen molar-refractivity contribution in [1.29, 1.82) is 0 Å². The number of methoxy groups -OCH3 is 1. The standard InChI is InChI=1S/C23H25N3O3/c1-17-9-11-19(12-10-17)26-22(27)16-29-23-18(6-5-8-21(23)28-2)14-24-15-20-7-3-4-13-25-20/h3-13,24H,14-16H2,1-2H3,(H,26,27). The van der Waals surface area contributed by atoms with Crippen LogP contribution in [0.25, 0.3) is 0 Å². The van der Waals surface area contributed by atoms with Crippen molar-refractivity contribution in [1.82, 2.24) is 10.3 Å². The molecule has 1 heterocycles. The normalized spacial score (nSPS) is 10.4. The highest BCUT2D eigenvalue weighted by Crippen LogP contribution is 2.31. The van der Waals surface area contributed by atoms with E-state index in [1.54, 1.807) is 13.3 Å². The maximum Gasteiger partial charge on any atom is 0.262 e. The van der Waals surface area contributed by atoms with Gasteiger partial charge in [-0.05, 0) is 37.3 Å². The van der Waals surface area contributed by atoms with Crippen molar-refractivity contribution in [2.45, 2.75) is 20.0 Å².